The van der Waals surface area contributed by atoms with Crippen molar-refractivity contribution < 1.29 is 27.0 Å². The van der Waals surface area contributed by atoms with Gasteiger partial charge < -0.3 is 10.2 Å². The van der Waals surface area contributed by atoms with Gasteiger partial charge in [-0.25, -0.2) is 35.4 Å². The van der Waals surface area contributed by atoms with E-state index in [0.29, 0.717) is 13.1 Å². The van der Waals surface area contributed by atoms with Crippen molar-refractivity contribution in [2.24, 2.45) is 32.3 Å². The molecule has 0 amide bonds. The summed E-state index contributed by atoms with van der Waals surface area (Å²) in [6.07, 6.45) is 7.58. The molecule has 3 aromatic carbocycles. The molecule has 68 heavy (non-hydrogen) atoms. The van der Waals surface area contributed by atoms with Crippen LogP contribution in [0.15, 0.2) is 113 Å². The van der Waals surface area contributed by atoms with Crippen LogP contribution in [0.1, 0.15) is 101 Å². The van der Waals surface area contributed by atoms with Gasteiger partial charge in [0.05, 0.1) is 32.5 Å². The smallest absolute Gasteiger partial charge is 0.276 e. The maximum absolute atomic E-state index is 13.6. The van der Waals surface area contributed by atoms with Crippen LogP contribution in [0.2, 0.25) is 0 Å². The highest BCUT2D eigenvalue weighted by atomic mass is 32.2. The van der Waals surface area contributed by atoms with Crippen molar-refractivity contribution in [1.82, 2.24) is 18.6 Å². The molecule has 2 atom stereocenters. The Labute approximate surface area is 396 Å². The van der Waals surface area contributed by atoms with Gasteiger partial charge in [-0.1, -0.05) is 66.2 Å². The zero-order valence-electron chi connectivity index (χ0n) is 38.9. The van der Waals surface area contributed by atoms with E-state index in [-0.39, 0.29) is 78.0 Å². The average Bonchev–Trinajstić information content (AvgIpc) is 3.32. The molecule has 2 aromatic heterocycles. The first-order valence-electron chi connectivity index (χ1n) is 22.4. The van der Waals surface area contributed by atoms with Gasteiger partial charge in [0, 0.05) is 24.2 Å². The van der Waals surface area contributed by atoms with Gasteiger partial charge in [0.25, 0.3) is 11.1 Å². The van der Waals surface area contributed by atoms with E-state index in [1.54, 1.807) is 0 Å². The predicted molar refractivity (Wildman–Crippen MR) is 258 cm³/mol. The monoisotopic (exact) mass is 964 g/mol. The number of hydrogen-bond donors (Lipinski definition) is 4. The molecular weight excluding hydrogens is 909 g/mol. The summed E-state index contributed by atoms with van der Waals surface area (Å²) in [7, 11) is -7.61. The van der Waals surface area contributed by atoms with Gasteiger partial charge in [-0.3, -0.25) is 9.59 Å². The van der Waals surface area contributed by atoms with Crippen molar-refractivity contribution in [3.63, 3.8) is 0 Å². The molecule has 0 aliphatic heterocycles. The third-order valence-corrected chi connectivity index (χ3v) is 14.6. The van der Waals surface area contributed by atoms with Gasteiger partial charge in [0.15, 0.2) is 11.4 Å². The Hall–Kier alpha value is -6.84. The number of nitrogens with zero attached hydrogens (tertiary/aromatic N) is 8. The van der Waals surface area contributed by atoms with Crippen LogP contribution in [-0.4, -0.2) is 49.3 Å². The maximum Gasteiger partial charge on any atom is 0.276 e. The Morgan fingerprint density at radius 2 is 0.912 bits per heavy atom. The SMILES string of the molecule is CCCCC(CC)CNS(=O)(=O)c1ccc(/N=N/c2c(C)c(C#N)c(=O)n(-c3ccc(-n4c(O)c(/N=N/c5ccc(S(=O)(=O)NCC(CC)CCCC)cc5)c(C)c(C#N)c4=O)cc3)c2O)cc1. The van der Waals surface area contributed by atoms with E-state index in [4.69, 9.17) is 0 Å². The quantitative estimate of drug-likeness (QED) is 0.0477. The van der Waals surface area contributed by atoms with Crippen LogP contribution < -0.4 is 20.6 Å². The van der Waals surface area contributed by atoms with Crippen LogP contribution in [0.4, 0.5) is 22.7 Å². The summed E-state index contributed by atoms with van der Waals surface area (Å²) in [6, 6.07) is 20.2. The molecule has 0 aliphatic rings. The van der Waals surface area contributed by atoms with E-state index >= 15 is 0 Å². The molecule has 5 rings (SSSR count). The van der Waals surface area contributed by atoms with Crippen molar-refractivity contribution in [1.29, 1.82) is 10.5 Å². The summed E-state index contributed by atoms with van der Waals surface area (Å²) in [5.41, 5.74) is -2.41. The van der Waals surface area contributed by atoms with Gasteiger partial charge in [-0.2, -0.15) is 20.8 Å². The van der Waals surface area contributed by atoms with Crippen molar-refractivity contribution in [3.05, 3.63) is 116 Å². The van der Waals surface area contributed by atoms with E-state index in [0.717, 1.165) is 60.5 Å². The van der Waals surface area contributed by atoms with Crippen LogP contribution in [-0.2, 0) is 20.0 Å². The highest BCUT2D eigenvalue weighted by Crippen LogP contribution is 2.36. The summed E-state index contributed by atoms with van der Waals surface area (Å²) in [4.78, 5) is 27.3. The number of benzene rings is 3. The van der Waals surface area contributed by atoms with Gasteiger partial charge >= 0.3 is 0 Å². The molecule has 0 radical (unpaired) electrons. The fourth-order valence-corrected chi connectivity index (χ4v) is 9.59. The Kier molecular flexibility index (Phi) is 17.8. The Morgan fingerprint density at radius 3 is 1.21 bits per heavy atom. The third-order valence-electron chi connectivity index (χ3n) is 11.8. The second-order valence-electron chi connectivity index (χ2n) is 16.3. The number of rotatable bonds is 22. The van der Waals surface area contributed by atoms with Crippen LogP contribution in [0.25, 0.3) is 11.4 Å². The molecule has 0 saturated heterocycles. The number of pyridine rings is 2. The lowest BCUT2D eigenvalue weighted by atomic mass is 10.00. The number of hydrogen-bond acceptors (Lipinski definition) is 14. The Balaban J connectivity index is 1.42. The number of azo groups is 2. The van der Waals surface area contributed by atoms with Crippen molar-refractivity contribution in [3.8, 4) is 35.3 Å². The molecule has 0 spiro atoms. The summed E-state index contributed by atoms with van der Waals surface area (Å²) in [6.45, 7) is 11.7. The van der Waals surface area contributed by atoms with E-state index in [1.165, 1.54) is 86.6 Å². The van der Waals surface area contributed by atoms with E-state index in [9.17, 15) is 47.2 Å². The summed E-state index contributed by atoms with van der Waals surface area (Å²) >= 11 is 0. The van der Waals surface area contributed by atoms with Crippen molar-refractivity contribution >= 4 is 42.8 Å². The number of nitriles is 2. The predicted octanol–water partition coefficient (Wildman–Crippen LogP) is 9.58. The second-order valence-corrected chi connectivity index (χ2v) is 19.8. The first-order valence-corrected chi connectivity index (χ1v) is 25.3. The van der Waals surface area contributed by atoms with Crippen molar-refractivity contribution in [2.75, 3.05) is 13.1 Å². The fraction of sp³-hybridized carbons (Fsp3) is 0.375. The van der Waals surface area contributed by atoms with Crippen LogP contribution >= 0.6 is 0 Å². The Morgan fingerprint density at radius 1 is 0.574 bits per heavy atom. The summed E-state index contributed by atoms with van der Waals surface area (Å²) in [5, 5.41) is 59.4. The molecule has 18 nitrogen and oxygen atoms in total. The van der Waals surface area contributed by atoms with Crippen molar-refractivity contribution in [2.45, 2.75) is 103 Å². The molecular formula is C48H56N10O8S2. The van der Waals surface area contributed by atoms with E-state index in [2.05, 4.69) is 43.7 Å². The normalized spacial score (nSPS) is 12.9. The number of aromatic hydroxyl groups is 2. The molecule has 0 bridgehead atoms. The zero-order valence-corrected chi connectivity index (χ0v) is 40.5. The number of nitrogens with one attached hydrogen (secondary N) is 2. The number of sulfonamides is 2. The van der Waals surface area contributed by atoms with Gasteiger partial charge in [-0.15, -0.1) is 10.2 Å². The standard InChI is InChI=1S/C48H56N10O8S2/c1-7-11-13-33(9-3)29-51-67(63,64)39-23-15-35(16-24-39)53-55-43-31(5)41(27-49)45(59)57(47(43)61)37-19-21-38(22-20-37)58-46(60)42(28-50)32(6)44(48(58)62)56-54-36-17-25-40(26-18-36)68(65,66)52-30-34(10-4)14-12-8-2/h15-26,33-34,51-52,61-62H,7-14,29-30H2,1-6H3/b55-53+,56-54+. The van der Waals surface area contributed by atoms with Gasteiger partial charge in [-0.05, 0) is 111 Å². The summed E-state index contributed by atoms with van der Waals surface area (Å²) < 4.78 is 59.0. The maximum atomic E-state index is 13.6. The molecule has 2 heterocycles. The average molecular weight is 965 g/mol. The highest BCUT2D eigenvalue weighted by Gasteiger charge is 2.24. The van der Waals surface area contributed by atoms with Crippen LogP contribution in [0.5, 0.6) is 11.8 Å². The molecule has 358 valence electrons. The number of unbranched alkanes of at least 4 members (excludes halogenated alkanes) is 2. The molecule has 4 N–H and O–H groups in total. The third kappa shape index (κ3) is 12.0. The van der Waals surface area contributed by atoms with E-state index < -0.39 is 42.9 Å². The number of aromatic nitrogens is 2. The first-order chi connectivity index (χ1) is 32.5. The van der Waals surface area contributed by atoms with E-state index in [1.807, 2.05) is 26.0 Å². The molecule has 2 unspecified atom stereocenters. The van der Waals surface area contributed by atoms with Gasteiger partial charge in [0.1, 0.15) is 23.3 Å². The summed E-state index contributed by atoms with van der Waals surface area (Å²) in [5.74, 6) is -0.936. The topological polar surface area (TPSA) is 274 Å². The first kappa shape index (κ1) is 52.1. The molecule has 5 aromatic rings. The fourth-order valence-electron chi connectivity index (χ4n) is 7.36. The zero-order chi connectivity index (χ0) is 49.8. The van der Waals surface area contributed by atoms with Crippen LogP contribution in [0.3, 0.4) is 0 Å². The van der Waals surface area contributed by atoms with Gasteiger partial charge in [0.2, 0.25) is 31.8 Å². The lowest BCUT2D eigenvalue weighted by molar-refractivity contribution is 0.434. The largest absolute Gasteiger partial charge is 0.493 e. The molecule has 20 heteroatoms. The lowest BCUT2D eigenvalue weighted by Crippen LogP contribution is -2.29. The second kappa shape index (κ2) is 23.3. The lowest BCUT2D eigenvalue weighted by Gasteiger charge is -2.16. The molecule has 0 saturated carbocycles. The van der Waals surface area contributed by atoms with Crippen LogP contribution in [0, 0.1) is 48.3 Å². The highest BCUT2D eigenvalue weighted by molar-refractivity contribution is 7.89. The minimum Gasteiger partial charge on any atom is -0.493 e. The molecule has 0 aliphatic carbocycles. The minimum atomic E-state index is -3.80. The Bertz CT molecular complexity index is 2890. The minimum absolute atomic E-state index is 0.0219. The molecule has 0 fully saturated rings.